The van der Waals surface area contributed by atoms with Crippen molar-refractivity contribution in [2.75, 3.05) is 6.61 Å². The van der Waals surface area contributed by atoms with E-state index in [1.807, 2.05) is 24.3 Å². The molecule has 0 unspecified atom stereocenters. The van der Waals surface area contributed by atoms with Gasteiger partial charge in [0, 0.05) is 21.0 Å². The summed E-state index contributed by atoms with van der Waals surface area (Å²) in [4.78, 5) is 1.19. The molecule has 2 aromatic rings. The summed E-state index contributed by atoms with van der Waals surface area (Å²) in [5, 5.41) is 2.80. The van der Waals surface area contributed by atoms with Crippen LogP contribution in [0, 0.1) is 0 Å². The molecule has 18 heavy (non-hydrogen) atoms. The normalized spacial score (nSPS) is 15.1. The van der Waals surface area contributed by atoms with Crippen molar-refractivity contribution >= 4 is 34.1 Å². The van der Waals surface area contributed by atoms with Crippen molar-refractivity contribution in [3.8, 4) is 0 Å². The summed E-state index contributed by atoms with van der Waals surface area (Å²) in [5.74, 6) is 0.743. The van der Waals surface area contributed by atoms with Crippen molar-refractivity contribution < 1.29 is 4.74 Å². The summed E-state index contributed by atoms with van der Waals surface area (Å²) in [7, 11) is 0. The Hall–Kier alpha value is -1.51. The molecule has 0 atom stereocenters. The fourth-order valence-electron chi connectivity index (χ4n) is 2.08. The van der Waals surface area contributed by atoms with Gasteiger partial charge in [-0.1, -0.05) is 36.4 Å². The van der Waals surface area contributed by atoms with Crippen LogP contribution in [0.5, 0.6) is 0 Å². The predicted molar refractivity (Wildman–Crippen MR) is 77.7 cm³/mol. The van der Waals surface area contributed by atoms with Crippen LogP contribution in [0.4, 0.5) is 0 Å². The maximum atomic E-state index is 6.05. The molecule has 0 saturated carbocycles. The van der Waals surface area contributed by atoms with Gasteiger partial charge in [0.1, 0.15) is 12.4 Å². The first kappa shape index (κ1) is 11.6. The van der Waals surface area contributed by atoms with E-state index in [4.69, 9.17) is 16.3 Å². The molecule has 90 valence electrons. The van der Waals surface area contributed by atoms with Crippen molar-refractivity contribution in [3.63, 3.8) is 0 Å². The SMILES string of the molecule is C=C1OCC(c2cccc(Cl)c2)=C1c1cccs1. The van der Waals surface area contributed by atoms with E-state index in [9.17, 15) is 0 Å². The lowest BCUT2D eigenvalue weighted by atomic mass is 10.0. The molecule has 0 fully saturated rings. The van der Waals surface area contributed by atoms with Gasteiger partial charge in [0.15, 0.2) is 0 Å². The summed E-state index contributed by atoms with van der Waals surface area (Å²) in [5.41, 5.74) is 3.36. The van der Waals surface area contributed by atoms with Crippen molar-refractivity contribution in [2.45, 2.75) is 0 Å². The number of hydrogen-bond donors (Lipinski definition) is 0. The largest absolute Gasteiger partial charge is 0.489 e. The molecule has 0 amide bonds. The van der Waals surface area contributed by atoms with Gasteiger partial charge in [-0.3, -0.25) is 0 Å². The topological polar surface area (TPSA) is 9.23 Å². The van der Waals surface area contributed by atoms with Crippen LogP contribution < -0.4 is 0 Å². The zero-order valence-electron chi connectivity index (χ0n) is 9.65. The average Bonchev–Trinajstić information content (AvgIpc) is 2.97. The van der Waals surface area contributed by atoms with Gasteiger partial charge in [-0.15, -0.1) is 11.3 Å². The van der Waals surface area contributed by atoms with E-state index in [0.717, 1.165) is 27.5 Å². The molecular weight excluding hydrogens is 264 g/mol. The molecule has 0 N–H and O–H groups in total. The molecule has 0 spiro atoms. The maximum absolute atomic E-state index is 6.05. The Balaban J connectivity index is 2.16. The summed E-state index contributed by atoms with van der Waals surface area (Å²) in [6.07, 6.45) is 0. The van der Waals surface area contributed by atoms with Crippen molar-refractivity contribution in [1.29, 1.82) is 0 Å². The first-order chi connectivity index (χ1) is 8.75. The number of thiophene rings is 1. The van der Waals surface area contributed by atoms with E-state index in [0.29, 0.717) is 6.61 Å². The lowest BCUT2D eigenvalue weighted by Gasteiger charge is -2.04. The van der Waals surface area contributed by atoms with Crippen LogP contribution in [0.2, 0.25) is 5.02 Å². The summed E-state index contributed by atoms with van der Waals surface area (Å²) in [6.45, 7) is 4.55. The third-order valence-corrected chi connectivity index (χ3v) is 4.03. The van der Waals surface area contributed by atoms with Crippen LogP contribution >= 0.6 is 22.9 Å². The second-order valence-electron chi connectivity index (χ2n) is 4.05. The third-order valence-electron chi connectivity index (χ3n) is 2.91. The van der Waals surface area contributed by atoms with E-state index in [1.54, 1.807) is 11.3 Å². The summed E-state index contributed by atoms with van der Waals surface area (Å²) >= 11 is 7.74. The Morgan fingerprint density at radius 3 is 2.83 bits per heavy atom. The van der Waals surface area contributed by atoms with Gasteiger partial charge in [-0.2, -0.15) is 0 Å². The molecule has 1 aromatic carbocycles. The maximum Gasteiger partial charge on any atom is 0.121 e. The molecule has 1 aromatic heterocycles. The highest BCUT2D eigenvalue weighted by Crippen LogP contribution is 2.39. The standard InChI is InChI=1S/C15H11ClOS/c1-10-15(14-6-3-7-18-14)13(9-17-10)11-4-2-5-12(16)8-11/h2-8H,1,9H2. The van der Waals surface area contributed by atoms with Gasteiger partial charge in [0.25, 0.3) is 0 Å². The quantitative estimate of drug-likeness (QED) is 0.760. The van der Waals surface area contributed by atoms with Crippen LogP contribution in [-0.2, 0) is 4.74 Å². The highest BCUT2D eigenvalue weighted by molar-refractivity contribution is 7.11. The van der Waals surface area contributed by atoms with Crippen molar-refractivity contribution in [3.05, 3.63) is 69.6 Å². The zero-order chi connectivity index (χ0) is 12.5. The molecule has 3 rings (SSSR count). The molecule has 0 bridgehead atoms. The van der Waals surface area contributed by atoms with Crippen LogP contribution in [0.15, 0.2) is 54.1 Å². The molecule has 1 nitrogen and oxygen atoms in total. The lowest BCUT2D eigenvalue weighted by Crippen LogP contribution is -1.88. The number of hydrogen-bond acceptors (Lipinski definition) is 2. The first-order valence-electron chi connectivity index (χ1n) is 5.61. The number of allylic oxidation sites excluding steroid dienone is 1. The van der Waals surface area contributed by atoms with Gasteiger partial charge in [0.05, 0.1) is 0 Å². The van der Waals surface area contributed by atoms with Gasteiger partial charge in [0.2, 0.25) is 0 Å². The highest BCUT2D eigenvalue weighted by atomic mass is 35.5. The van der Waals surface area contributed by atoms with E-state index in [1.165, 1.54) is 4.88 Å². The molecule has 0 aliphatic carbocycles. The Morgan fingerprint density at radius 1 is 1.22 bits per heavy atom. The minimum atomic E-state index is 0.562. The number of rotatable bonds is 2. The minimum absolute atomic E-state index is 0.562. The van der Waals surface area contributed by atoms with Crippen LogP contribution in [0.1, 0.15) is 10.4 Å². The molecule has 2 heterocycles. The summed E-state index contributed by atoms with van der Waals surface area (Å²) in [6, 6.07) is 12.0. The lowest BCUT2D eigenvalue weighted by molar-refractivity contribution is 0.286. The van der Waals surface area contributed by atoms with Gasteiger partial charge >= 0.3 is 0 Å². The molecule has 0 radical (unpaired) electrons. The molecular formula is C15H11ClOS. The second kappa shape index (κ2) is 4.63. The number of benzene rings is 1. The minimum Gasteiger partial charge on any atom is -0.489 e. The third kappa shape index (κ3) is 1.98. The smallest absolute Gasteiger partial charge is 0.121 e. The summed E-state index contributed by atoms with van der Waals surface area (Å²) < 4.78 is 5.59. The number of halogens is 1. The van der Waals surface area contributed by atoms with Crippen molar-refractivity contribution in [2.24, 2.45) is 0 Å². The Labute approximate surface area is 115 Å². The Bertz CT molecular complexity index is 626. The molecule has 3 heteroatoms. The Kier molecular flexibility index (Phi) is 2.98. The van der Waals surface area contributed by atoms with E-state index in [2.05, 4.69) is 24.1 Å². The van der Waals surface area contributed by atoms with E-state index in [-0.39, 0.29) is 0 Å². The van der Waals surface area contributed by atoms with Crippen LogP contribution in [0.25, 0.3) is 11.1 Å². The van der Waals surface area contributed by atoms with Crippen LogP contribution in [0.3, 0.4) is 0 Å². The zero-order valence-corrected chi connectivity index (χ0v) is 11.2. The molecule has 0 saturated heterocycles. The fraction of sp³-hybridized carbons (Fsp3) is 0.0667. The first-order valence-corrected chi connectivity index (χ1v) is 6.86. The fourth-order valence-corrected chi connectivity index (χ4v) is 3.09. The molecule has 1 aliphatic rings. The highest BCUT2D eigenvalue weighted by Gasteiger charge is 2.23. The monoisotopic (exact) mass is 274 g/mol. The molecule has 1 aliphatic heterocycles. The second-order valence-corrected chi connectivity index (χ2v) is 5.44. The van der Waals surface area contributed by atoms with Crippen LogP contribution in [-0.4, -0.2) is 6.61 Å². The number of ether oxygens (including phenoxy) is 1. The van der Waals surface area contributed by atoms with Gasteiger partial charge < -0.3 is 4.74 Å². The Morgan fingerprint density at radius 2 is 2.11 bits per heavy atom. The predicted octanol–water partition coefficient (Wildman–Crippen LogP) is 4.86. The van der Waals surface area contributed by atoms with E-state index >= 15 is 0 Å². The van der Waals surface area contributed by atoms with Crippen molar-refractivity contribution in [1.82, 2.24) is 0 Å². The average molecular weight is 275 g/mol. The van der Waals surface area contributed by atoms with E-state index < -0.39 is 0 Å². The van der Waals surface area contributed by atoms with Gasteiger partial charge in [-0.05, 0) is 29.1 Å². The van der Waals surface area contributed by atoms with Gasteiger partial charge in [-0.25, -0.2) is 0 Å².